The molecule has 19 heavy (non-hydrogen) atoms. The van der Waals surface area contributed by atoms with E-state index in [-0.39, 0.29) is 11.5 Å². The molecule has 0 saturated heterocycles. The zero-order chi connectivity index (χ0) is 14.6. The number of rotatable bonds is 6. The molecule has 0 saturated carbocycles. The van der Waals surface area contributed by atoms with Crippen LogP contribution in [-0.4, -0.2) is 26.8 Å². The lowest BCUT2D eigenvalue weighted by molar-refractivity contribution is 0.220. The normalized spacial score (nSPS) is 15.8. The first kappa shape index (κ1) is 16.1. The number of hydrogen-bond acceptors (Lipinski definition) is 4. The predicted octanol–water partition coefficient (Wildman–Crippen LogP) is 2.66. The molecular weight excluding hydrogens is 238 g/mol. The van der Waals surface area contributed by atoms with Crippen LogP contribution in [0.5, 0.6) is 0 Å². The van der Waals surface area contributed by atoms with Crippen LogP contribution in [0, 0.1) is 17.3 Å². The van der Waals surface area contributed by atoms with E-state index in [0.29, 0.717) is 11.8 Å². The van der Waals surface area contributed by atoms with Gasteiger partial charge in [-0.1, -0.05) is 41.5 Å². The van der Waals surface area contributed by atoms with Crippen molar-refractivity contribution in [3.63, 3.8) is 0 Å². The van der Waals surface area contributed by atoms with E-state index in [1.54, 1.807) is 0 Å². The minimum Gasteiger partial charge on any atom is -0.307 e. The third-order valence-corrected chi connectivity index (χ3v) is 3.70. The van der Waals surface area contributed by atoms with E-state index in [0.717, 1.165) is 18.9 Å². The highest BCUT2D eigenvalue weighted by molar-refractivity contribution is 4.90. The van der Waals surface area contributed by atoms with E-state index in [1.807, 2.05) is 4.68 Å². The summed E-state index contributed by atoms with van der Waals surface area (Å²) in [6.45, 7) is 17.4. The van der Waals surface area contributed by atoms with E-state index in [2.05, 4.69) is 69.3 Å². The monoisotopic (exact) mass is 267 g/mol. The number of tetrazole rings is 1. The molecule has 1 heterocycles. The largest absolute Gasteiger partial charge is 0.307 e. The van der Waals surface area contributed by atoms with Crippen LogP contribution >= 0.6 is 0 Å². The Labute approximate surface area is 117 Å². The van der Waals surface area contributed by atoms with E-state index >= 15 is 0 Å². The van der Waals surface area contributed by atoms with Crippen molar-refractivity contribution in [3.05, 3.63) is 5.82 Å². The average molecular weight is 267 g/mol. The molecular formula is C14H29N5. The van der Waals surface area contributed by atoms with Gasteiger partial charge in [-0.2, -0.15) is 0 Å². The average Bonchev–Trinajstić information content (AvgIpc) is 2.72. The molecule has 1 rings (SSSR count). The van der Waals surface area contributed by atoms with Crippen molar-refractivity contribution >= 4 is 0 Å². The fraction of sp³-hybridized carbons (Fsp3) is 0.929. The third kappa shape index (κ3) is 4.90. The van der Waals surface area contributed by atoms with Crippen LogP contribution in [0.4, 0.5) is 0 Å². The zero-order valence-electron chi connectivity index (χ0n) is 13.4. The number of aromatic nitrogens is 4. The summed E-state index contributed by atoms with van der Waals surface area (Å²) in [6, 6.07) is 0.185. The molecule has 0 bridgehead atoms. The Balaban J connectivity index is 2.69. The maximum atomic E-state index is 4.17. The van der Waals surface area contributed by atoms with Gasteiger partial charge >= 0.3 is 0 Å². The Hall–Kier alpha value is -0.970. The SMILES string of the molecule is CC(C)CNC(C)c1nnnn1CC(C)C(C)(C)C. The fourth-order valence-corrected chi connectivity index (χ4v) is 1.69. The molecule has 0 aliphatic carbocycles. The first-order valence-corrected chi connectivity index (χ1v) is 7.21. The van der Waals surface area contributed by atoms with Gasteiger partial charge in [0.2, 0.25) is 0 Å². The molecule has 2 atom stereocenters. The van der Waals surface area contributed by atoms with Gasteiger partial charge in [-0.25, -0.2) is 4.68 Å². The molecule has 0 spiro atoms. The van der Waals surface area contributed by atoms with Crippen molar-refractivity contribution in [1.82, 2.24) is 25.5 Å². The molecule has 5 heteroatoms. The van der Waals surface area contributed by atoms with E-state index in [1.165, 1.54) is 0 Å². The van der Waals surface area contributed by atoms with Crippen LogP contribution in [0.2, 0.25) is 0 Å². The van der Waals surface area contributed by atoms with Crippen LogP contribution in [0.15, 0.2) is 0 Å². The highest BCUT2D eigenvalue weighted by Crippen LogP contribution is 2.27. The first-order chi connectivity index (χ1) is 8.71. The molecule has 1 N–H and O–H groups in total. The number of hydrogen-bond donors (Lipinski definition) is 1. The van der Waals surface area contributed by atoms with Crippen molar-refractivity contribution in [2.24, 2.45) is 17.3 Å². The van der Waals surface area contributed by atoms with Crippen LogP contribution in [0.3, 0.4) is 0 Å². The molecule has 1 aromatic rings. The maximum absolute atomic E-state index is 4.17. The number of nitrogens with zero attached hydrogens (tertiary/aromatic N) is 4. The molecule has 0 radical (unpaired) electrons. The van der Waals surface area contributed by atoms with E-state index < -0.39 is 0 Å². The highest BCUT2D eigenvalue weighted by atomic mass is 15.5. The molecule has 2 unspecified atom stereocenters. The van der Waals surface area contributed by atoms with Gasteiger partial charge in [0, 0.05) is 6.54 Å². The molecule has 0 amide bonds. The van der Waals surface area contributed by atoms with Crippen molar-refractivity contribution in [2.45, 2.75) is 61.1 Å². The lowest BCUT2D eigenvalue weighted by Crippen LogP contribution is -2.29. The fourth-order valence-electron chi connectivity index (χ4n) is 1.69. The molecule has 110 valence electrons. The second kappa shape index (κ2) is 6.46. The Kier molecular flexibility index (Phi) is 5.47. The molecule has 0 fully saturated rings. The summed E-state index contributed by atoms with van der Waals surface area (Å²) in [4.78, 5) is 0. The quantitative estimate of drug-likeness (QED) is 0.861. The van der Waals surface area contributed by atoms with Crippen molar-refractivity contribution < 1.29 is 0 Å². The van der Waals surface area contributed by atoms with Gasteiger partial charge in [-0.15, -0.1) is 5.10 Å². The van der Waals surface area contributed by atoms with Gasteiger partial charge in [0.25, 0.3) is 0 Å². The highest BCUT2D eigenvalue weighted by Gasteiger charge is 2.23. The topological polar surface area (TPSA) is 55.6 Å². The second-order valence-corrected chi connectivity index (χ2v) is 7.01. The summed E-state index contributed by atoms with van der Waals surface area (Å²) in [6.07, 6.45) is 0. The van der Waals surface area contributed by atoms with Crippen LogP contribution in [-0.2, 0) is 6.54 Å². The second-order valence-electron chi connectivity index (χ2n) is 7.01. The van der Waals surface area contributed by atoms with Gasteiger partial charge in [0.15, 0.2) is 5.82 Å². The van der Waals surface area contributed by atoms with Gasteiger partial charge < -0.3 is 5.32 Å². The summed E-state index contributed by atoms with van der Waals surface area (Å²) in [5.41, 5.74) is 0.262. The van der Waals surface area contributed by atoms with E-state index in [4.69, 9.17) is 0 Å². The van der Waals surface area contributed by atoms with Gasteiger partial charge in [0.05, 0.1) is 6.04 Å². The summed E-state index contributed by atoms with van der Waals surface area (Å²) in [7, 11) is 0. The lowest BCUT2D eigenvalue weighted by atomic mass is 9.82. The zero-order valence-corrected chi connectivity index (χ0v) is 13.4. The Morgan fingerprint density at radius 3 is 2.32 bits per heavy atom. The Morgan fingerprint density at radius 2 is 1.79 bits per heavy atom. The summed E-state index contributed by atoms with van der Waals surface area (Å²) < 4.78 is 1.94. The maximum Gasteiger partial charge on any atom is 0.167 e. The number of nitrogens with one attached hydrogen (secondary N) is 1. The summed E-state index contributed by atoms with van der Waals surface area (Å²) >= 11 is 0. The third-order valence-electron chi connectivity index (χ3n) is 3.70. The molecule has 1 aromatic heterocycles. The van der Waals surface area contributed by atoms with Crippen molar-refractivity contribution in [2.75, 3.05) is 6.54 Å². The minimum absolute atomic E-state index is 0.185. The summed E-state index contributed by atoms with van der Waals surface area (Å²) in [5.74, 6) is 2.07. The van der Waals surface area contributed by atoms with Crippen LogP contribution in [0.25, 0.3) is 0 Å². The van der Waals surface area contributed by atoms with Crippen LogP contribution in [0.1, 0.15) is 60.3 Å². The van der Waals surface area contributed by atoms with E-state index in [9.17, 15) is 0 Å². The molecule has 5 nitrogen and oxygen atoms in total. The van der Waals surface area contributed by atoms with Gasteiger partial charge in [-0.05, 0) is 41.1 Å². The molecule has 0 aliphatic heterocycles. The molecule has 0 aliphatic rings. The Bertz CT molecular complexity index is 377. The van der Waals surface area contributed by atoms with Gasteiger partial charge in [0.1, 0.15) is 0 Å². The smallest absolute Gasteiger partial charge is 0.167 e. The predicted molar refractivity (Wildman–Crippen MR) is 77.7 cm³/mol. The summed E-state index contributed by atoms with van der Waals surface area (Å²) in [5, 5.41) is 15.6. The van der Waals surface area contributed by atoms with Crippen LogP contribution < -0.4 is 5.32 Å². The van der Waals surface area contributed by atoms with Crippen molar-refractivity contribution in [1.29, 1.82) is 0 Å². The van der Waals surface area contributed by atoms with Crippen molar-refractivity contribution in [3.8, 4) is 0 Å². The standard InChI is InChI=1S/C14H29N5/c1-10(2)8-15-12(4)13-16-17-18-19(13)9-11(3)14(5,6)7/h10-12,15H,8-9H2,1-7H3. The van der Waals surface area contributed by atoms with Gasteiger partial charge in [-0.3, -0.25) is 0 Å². The molecule has 0 aromatic carbocycles. The Morgan fingerprint density at radius 1 is 1.16 bits per heavy atom. The first-order valence-electron chi connectivity index (χ1n) is 7.21. The minimum atomic E-state index is 0.185. The lowest BCUT2D eigenvalue weighted by Gasteiger charge is -2.27.